The first kappa shape index (κ1) is 17.7. The molecule has 1 atom stereocenters. The number of amides is 1. The van der Waals surface area contributed by atoms with Crippen LogP contribution in [0, 0.1) is 5.92 Å². The van der Waals surface area contributed by atoms with E-state index in [0.717, 1.165) is 0 Å². The molecule has 0 aromatic carbocycles. The molecule has 0 aromatic heterocycles. The molecule has 0 saturated heterocycles. The fourth-order valence-electron chi connectivity index (χ4n) is 1.13. The van der Waals surface area contributed by atoms with Gasteiger partial charge in [0.25, 0.3) is 0 Å². The zero-order chi connectivity index (χ0) is 15.1. The first-order valence-electron chi connectivity index (χ1n) is 6.04. The molecule has 112 valence electrons. The lowest BCUT2D eigenvalue weighted by molar-refractivity contribution is -0.139. The second-order valence-electron chi connectivity index (χ2n) is 4.55. The number of nitrogens with one attached hydrogen (secondary N) is 1. The minimum atomic E-state index is -3.27. The van der Waals surface area contributed by atoms with Crippen molar-refractivity contribution in [1.82, 2.24) is 5.32 Å². The van der Waals surface area contributed by atoms with Crippen LogP contribution < -0.4 is 5.32 Å². The molecule has 0 heterocycles. The van der Waals surface area contributed by atoms with Crippen LogP contribution >= 0.6 is 0 Å². The van der Waals surface area contributed by atoms with Gasteiger partial charge in [-0.25, -0.2) is 18.0 Å². The van der Waals surface area contributed by atoms with Crippen molar-refractivity contribution in [1.29, 1.82) is 0 Å². The van der Waals surface area contributed by atoms with E-state index in [1.807, 2.05) is 13.8 Å². The largest absolute Gasteiger partial charge is 0.480 e. The van der Waals surface area contributed by atoms with E-state index in [1.54, 1.807) is 0 Å². The third-order valence-corrected chi connectivity index (χ3v) is 4.03. The molecule has 0 aliphatic carbocycles. The second-order valence-corrected chi connectivity index (χ2v) is 7.03. The van der Waals surface area contributed by atoms with Crippen molar-refractivity contribution in [3.63, 3.8) is 0 Å². The number of rotatable bonds is 8. The Kier molecular flexibility index (Phi) is 7.43. The van der Waals surface area contributed by atoms with Crippen LogP contribution in [0.3, 0.4) is 0 Å². The summed E-state index contributed by atoms with van der Waals surface area (Å²) in [6.45, 7) is 5.34. The molecule has 0 aliphatic heterocycles. The summed E-state index contributed by atoms with van der Waals surface area (Å²) in [5, 5.41) is 11.0. The van der Waals surface area contributed by atoms with E-state index in [1.165, 1.54) is 6.92 Å². The van der Waals surface area contributed by atoms with Crippen molar-refractivity contribution in [3.05, 3.63) is 0 Å². The van der Waals surface area contributed by atoms with E-state index in [2.05, 4.69) is 5.32 Å². The zero-order valence-electron chi connectivity index (χ0n) is 11.4. The highest BCUT2D eigenvalue weighted by Gasteiger charge is 2.23. The van der Waals surface area contributed by atoms with Crippen molar-refractivity contribution in [2.45, 2.75) is 33.2 Å². The maximum absolute atomic E-state index is 11.3. The quantitative estimate of drug-likeness (QED) is 0.680. The Morgan fingerprint density at radius 2 is 1.89 bits per heavy atom. The number of carbonyl (C=O) groups is 2. The van der Waals surface area contributed by atoms with Crippen LogP contribution in [0.5, 0.6) is 0 Å². The molecule has 7 nitrogen and oxygen atoms in total. The molecule has 8 heteroatoms. The molecule has 19 heavy (non-hydrogen) atoms. The minimum absolute atomic E-state index is 0.0584. The highest BCUT2D eigenvalue weighted by atomic mass is 32.2. The predicted molar refractivity (Wildman–Crippen MR) is 69.7 cm³/mol. The Bertz CT molecular complexity index is 403. The molecule has 0 spiro atoms. The molecule has 0 radical (unpaired) electrons. The number of alkyl carbamates (subject to hydrolysis) is 1. The molecule has 1 amide bonds. The Morgan fingerprint density at radius 3 is 2.32 bits per heavy atom. The van der Waals surface area contributed by atoms with Crippen LogP contribution in [-0.4, -0.2) is 49.7 Å². The van der Waals surface area contributed by atoms with Crippen molar-refractivity contribution < 1.29 is 27.9 Å². The highest BCUT2D eigenvalue weighted by Crippen LogP contribution is 2.01. The Hall–Kier alpha value is -1.31. The molecular formula is C11H21NO6S. The zero-order valence-corrected chi connectivity index (χ0v) is 12.2. The number of carbonyl (C=O) groups excluding carboxylic acids is 1. The Balaban J connectivity index is 4.35. The summed E-state index contributed by atoms with van der Waals surface area (Å²) in [5.74, 6) is -1.50. The Morgan fingerprint density at radius 1 is 1.32 bits per heavy atom. The maximum atomic E-state index is 11.3. The van der Waals surface area contributed by atoms with Gasteiger partial charge in [-0.15, -0.1) is 0 Å². The Labute approximate surface area is 113 Å². The fraction of sp³-hybridized carbons (Fsp3) is 0.818. The standard InChI is InChI=1S/C11H21NO6S/c1-4-19(16,17)6-5-9(10(13)14)12-11(15)18-7-8(2)3/h8-9H,4-7H2,1-3H3,(H,12,15)(H,13,14). The van der Waals surface area contributed by atoms with E-state index in [0.29, 0.717) is 0 Å². The number of hydrogen-bond donors (Lipinski definition) is 2. The van der Waals surface area contributed by atoms with Gasteiger partial charge in [-0.3, -0.25) is 0 Å². The summed E-state index contributed by atoms with van der Waals surface area (Å²) < 4.78 is 27.4. The number of carboxylic acids is 1. The van der Waals surface area contributed by atoms with E-state index in [9.17, 15) is 18.0 Å². The number of hydrogen-bond acceptors (Lipinski definition) is 5. The average molecular weight is 295 g/mol. The molecule has 0 bridgehead atoms. The van der Waals surface area contributed by atoms with Gasteiger partial charge >= 0.3 is 12.1 Å². The normalized spacial score (nSPS) is 13.1. The first-order valence-corrected chi connectivity index (χ1v) is 7.86. The summed E-state index contributed by atoms with van der Waals surface area (Å²) in [6, 6.07) is -1.26. The van der Waals surface area contributed by atoms with Crippen LogP contribution in [0.4, 0.5) is 4.79 Å². The molecule has 0 fully saturated rings. The molecule has 0 aliphatic rings. The van der Waals surface area contributed by atoms with Gasteiger partial charge in [0.15, 0.2) is 0 Å². The number of aliphatic carboxylic acids is 1. The first-order chi connectivity index (χ1) is 8.68. The summed E-state index contributed by atoms with van der Waals surface area (Å²) in [7, 11) is -3.27. The third-order valence-electron chi connectivity index (χ3n) is 2.30. The van der Waals surface area contributed by atoms with E-state index < -0.39 is 27.9 Å². The van der Waals surface area contributed by atoms with E-state index >= 15 is 0 Å². The van der Waals surface area contributed by atoms with Gasteiger partial charge < -0.3 is 15.2 Å². The molecule has 2 N–H and O–H groups in total. The van der Waals surface area contributed by atoms with E-state index in [4.69, 9.17) is 9.84 Å². The highest BCUT2D eigenvalue weighted by molar-refractivity contribution is 7.91. The summed E-state index contributed by atoms with van der Waals surface area (Å²) in [5.41, 5.74) is 0. The summed E-state index contributed by atoms with van der Waals surface area (Å²) in [6.07, 6.45) is -1.03. The van der Waals surface area contributed by atoms with Gasteiger partial charge in [-0.1, -0.05) is 20.8 Å². The monoisotopic (exact) mass is 295 g/mol. The predicted octanol–water partition coefficient (Wildman–Crippen LogP) is 0.647. The fourth-order valence-corrected chi connectivity index (χ4v) is 2.01. The van der Waals surface area contributed by atoms with Crippen molar-refractivity contribution in [2.75, 3.05) is 18.1 Å². The van der Waals surface area contributed by atoms with Crippen LogP contribution in [0.2, 0.25) is 0 Å². The number of ether oxygens (including phenoxy) is 1. The van der Waals surface area contributed by atoms with Gasteiger partial charge in [-0.2, -0.15) is 0 Å². The lowest BCUT2D eigenvalue weighted by Gasteiger charge is -2.15. The van der Waals surface area contributed by atoms with Gasteiger partial charge in [-0.05, 0) is 12.3 Å². The van der Waals surface area contributed by atoms with Crippen molar-refractivity contribution in [3.8, 4) is 0 Å². The van der Waals surface area contributed by atoms with Crippen molar-refractivity contribution >= 4 is 21.9 Å². The van der Waals surface area contributed by atoms with Crippen LogP contribution in [-0.2, 0) is 19.4 Å². The lowest BCUT2D eigenvalue weighted by Crippen LogP contribution is -2.42. The lowest BCUT2D eigenvalue weighted by atomic mass is 10.2. The number of carboxylic acid groups (broad SMARTS) is 1. The van der Waals surface area contributed by atoms with Gasteiger partial charge in [0.1, 0.15) is 15.9 Å². The molecule has 0 saturated carbocycles. The molecule has 0 rings (SSSR count). The van der Waals surface area contributed by atoms with Gasteiger partial charge in [0.2, 0.25) is 0 Å². The van der Waals surface area contributed by atoms with Crippen LogP contribution in [0.25, 0.3) is 0 Å². The molecular weight excluding hydrogens is 274 g/mol. The SMILES string of the molecule is CCS(=O)(=O)CCC(NC(=O)OCC(C)C)C(=O)O. The smallest absolute Gasteiger partial charge is 0.407 e. The molecule has 1 unspecified atom stereocenters. The topological polar surface area (TPSA) is 110 Å². The summed E-state index contributed by atoms with van der Waals surface area (Å²) in [4.78, 5) is 22.2. The maximum Gasteiger partial charge on any atom is 0.407 e. The van der Waals surface area contributed by atoms with Gasteiger partial charge in [0.05, 0.1) is 12.4 Å². The van der Waals surface area contributed by atoms with E-state index in [-0.39, 0.29) is 30.5 Å². The van der Waals surface area contributed by atoms with Crippen LogP contribution in [0.15, 0.2) is 0 Å². The third kappa shape index (κ3) is 8.41. The second kappa shape index (κ2) is 7.98. The summed E-state index contributed by atoms with van der Waals surface area (Å²) >= 11 is 0. The van der Waals surface area contributed by atoms with Crippen LogP contribution in [0.1, 0.15) is 27.2 Å². The number of sulfone groups is 1. The molecule has 0 aromatic rings. The average Bonchev–Trinajstić information content (AvgIpc) is 2.31. The minimum Gasteiger partial charge on any atom is -0.480 e. The van der Waals surface area contributed by atoms with Gasteiger partial charge in [0, 0.05) is 5.75 Å². The van der Waals surface area contributed by atoms with Crippen molar-refractivity contribution in [2.24, 2.45) is 5.92 Å².